The van der Waals surface area contributed by atoms with Gasteiger partial charge in [-0.15, -0.1) is 0 Å². The van der Waals surface area contributed by atoms with Crippen LogP contribution in [-0.2, 0) is 22.7 Å². The van der Waals surface area contributed by atoms with E-state index >= 15 is 0 Å². The van der Waals surface area contributed by atoms with Crippen molar-refractivity contribution in [2.24, 2.45) is 0 Å². The molecule has 0 radical (unpaired) electrons. The molecule has 34 heavy (non-hydrogen) atoms. The van der Waals surface area contributed by atoms with Crippen molar-refractivity contribution in [1.29, 1.82) is 0 Å². The summed E-state index contributed by atoms with van der Waals surface area (Å²) in [5, 5.41) is 29.4. The summed E-state index contributed by atoms with van der Waals surface area (Å²) >= 11 is 5.94. The smallest absolute Gasteiger partial charge is 0.407 e. The van der Waals surface area contributed by atoms with E-state index in [1.54, 1.807) is 48.5 Å². The second-order valence-electron chi connectivity index (χ2n) is 7.81. The summed E-state index contributed by atoms with van der Waals surface area (Å²) in [4.78, 5) is 13.1. The molecule has 0 saturated heterocycles. The third-order valence-electron chi connectivity index (χ3n) is 5.44. The van der Waals surface area contributed by atoms with Crippen LogP contribution in [-0.4, -0.2) is 54.4 Å². The van der Waals surface area contributed by atoms with Crippen LogP contribution in [0.15, 0.2) is 82.6 Å². The predicted octanol–water partition coefficient (Wildman–Crippen LogP) is 3.96. The summed E-state index contributed by atoms with van der Waals surface area (Å²) in [6, 6.07) is 19.3. The lowest BCUT2D eigenvalue weighted by molar-refractivity contribution is 0.0973. The molecule has 9 heteroatoms. The minimum Gasteiger partial charge on any atom is -0.465 e. The van der Waals surface area contributed by atoms with E-state index in [2.05, 4.69) is 0 Å². The number of hydrogen-bond acceptors (Lipinski definition) is 5. The Morgan fingerprint density at radius 3 is 1.97 bits per heavy atom. The normalized spacial score (nSPS) is 12.3. The molecule has 3 aromatic carbocycles. The Balaban J connectivity index is 1.65. The number of nitrogens with zero attached hydrogens (tertiary/aromatic N) is 1. The van der Waals surface area contributed by atoms with Gasteiger partial charge in [-0.25, -0.2) is 13.2 Å². The van der Waals surface area contributed by atoms with E-state index < -0.39 is 22.0 Å². The number of hydrogen-bond donors (Lipinski definition) is 3. The molecule has 1 amide bonds. The Bertz CT molecular complexity index is 1210. The lowest BCUT2D eigenvalue weighted by Gasteiger charge is -2.23. The molecule has 0 spiro atoms. The highest BCUT2D eigenvalue weighted by molar-refractivity contribution is 7.91. The molecule has 0 aliphatic rings. The van der Waals surface area contributed by atoms with Crippen LogP contribution in [0.25, 0.3) is 0 Å². The van der Waals surface area contributed by atoms with Crippen LogP contribution in [0, 0.1) is 0 Å². The highest BCUT2D eigenvalue weighted by Gasteiger charge is 2.20. The van der Waals surface area contributed by atoms with Gasteiger partial charge in [-0.2, -0.15) is 0 Å². The van der Waals surface area contributed by atoms with Crippen molar-refractivity contribution >= 4 is 27.5 Å². The maximum absolute atomic E-state index is 12.9. The van der Waals surface area contributed by atoms with E-state index in [4.69, 9.17) is 16.7 Å². The molecule has 180 valence electrons. The Morgan fingerprint density at radius 2 is 1.47 bits per heavy atom. The van der Waals surface area contributed by atoms with Crippen LogP contribution in [0.1, 0.15) is 22.8 Å². The number of rotatable bonds is 10. The van der Waals surface area contributed by atoms with Crippen molar-refractivity contribution in [3.8, 4) is 0 Å². The number of amides is 1. The SMILES string of the molecule is O=C(O)N(CCc1ccc(S(=O)(=O)c2ccc(CCO)cc2)cc1)CC(O)c1cccc(Cl)c1. The molecule has 0 aromatic heterocycles. The molecular weight excluding hydrogens is 478 g/mol. The fourth-order valence-corrected chi connectivity index (χ4v) is 4.95. The number of aliphatic hydroxyl groups is 2. The van der Waals surface area contributed by atoms with Gasteiger partial charge in [0.05, 0.1) is 22.4 Å². The maximum atomic E-state index is 12.9. The van der Waals surface area contributed by atoms with Crippen molar-refractivity contribution < 1.29 is 28.5 Å². The van der Waals surface area contributed by atoms with Crippen LogP contribution in [0.4, 0.5) is 4.79 Å². The van der Waals surface area contributed by atoms with Crippen LogP contribution < -0.4 is 0 Å². The van der Waals surface area contributed by atoms with Crippen molar-refractivity contribution in [3.05, 3.63) is 94.5 Å². The standard InChI is InChI=1S/C25H26ClNO6S/c26-21-3-1-2-20(16-21)24(29)17-27(25(30)31)14-12-18-4-8-22(9-5-18)34(32,33)23-10-6-19(7-11-23)13-15-28/h1-11,16,24,28-29H,12-15,17H2,(H,30,31). The predicted molar refractivity (Wildman–Crippen MR) is 129 cm³/mol. The summed E-state index contributed by atoms with van der Waals surface area (Å²) in [7, 11) is -3.69. The van der Waals surface area contributed by atoms with Gasteiger partial charge >= 0.3 is 6.09 Å². The molecule has 1 unspecified atom stereocenters. The quantitative estimate of drug-likeness (QED) is 0.385. The van der Waals surface area contributed by atoms with Gasteiger partial charge in [0.1, 0.15) is 0 Å². The molecule has 3 rings (SSSR count). The summed E-state index contributed by atoms with van der Waals surface area (Å²) in [6.45, 7) is 0.00617. The number of benzene rings is 3. The minimum atomic E-state index is -3.69. The highest BCUT2D eigenvalue weighted by Crippen LogP contribution is 2.23. The maximum Gasteiger partial charge on any atom is 0.407 e. The van der Waals surface area contributed by atoms with Gasteiger partial charge in [-0.05, 0) is 65.9 Å². The molecular formula is C25H26ClNO6S. The molecule has 0 heterocycles. The van der Waals surface area contributed by atoms with Gasteiger partial charge in [0, 0.05) is 18.2 Å². The molecule has 0 aliphatic heterocycles. The van der Waals surface area contributed by atoms with Crippen LogP contribution in [0.3, 0.4) is 0 Å². The fraction of sp³-hybridized carbons (Fsp3) is 0.240. The largest absolute Gasteiger partial charge is 0.465 e. The average Bonchev–Trinajstić information content (AvgIpc) is 2.82. The first kappa shape index (κ1) is 25.7. The number of carbonyl (C=O) groups is 1. The van der Waals surface area contributed by atoms with Gasteiger partial charge in [0.15, 0.2) is 0 Å². The monoisotopic (exact) mass is 503 g/mol. The third-order valence-corrected chi connectivity index (χ3v) is 7.46. The second-order valence-corrected chi connectivity index (χ2v) is 10.2. The van der Waals surface area contributed by atoms with Gasteiger partial charge < -0.3 is 20.2 Å². The zero-order valence-electron chi connectivity index (χ0n) is 18.3. The number of carboxylic acid groups (broad SMARTS) is 1. The van der Waals surface area contributed by atoms with Crippen LogP contribution in [0.2, 0.25) is 5.02 Å². The molecule has 0 aliphatic carbocycles. The highest BCUT2D eigenvalue weighted by atomic mass is 35.5. The second kappa shape index (κ2) is 11.5. The van der Waals surface area contributed by atoms with Gasteiger partial charge in [-0.1, -0.05) is 48.0 Å². The third kappa shape index (κ3) is 6.57. The fourth-order valence-electron chi connectivity index (χ4n) is 3.49. The lowest BCUT2D eigenvalue weighted by atomic mass is 10.1. The molecule has 0 saturated carbocycles. The Labute approximate surface area is 203 Å². The molecule has 0 fully saturated rings. The van der Waals surface area contributed by atoms with E-state index in [1.165, 1.54) is 24.3 Å². The van der Waals surface area contributed by atoms with Crippen molar-refractivity contribution in [1.82, 2.24) is 4.90 Å². The summed E-state index contributed by atoms with van der Waals surface area (Å²) in [6.07, 6.45) is -1.38. The van der Waals surface area contributed by atoms with E-state index in [0.717, 1.165) is 16.0 Å². The van der Waals surface area contributed by atoms with Gasteiger partial charge in [-0.3, -0.25) is 0 Å². The van der Waals surface area contributed by atoms with Gasteiger partial charge in [0.25, 0.3) is 0 Å². The van der Waals surface area contributed by atoms with Gasteiger partial charge in [0.2, 0.25) is 9.84 Å². The summed E-state index contributed by atoms with van der Waals surface area (Å²) in [5.41, 5.74) is 2.14. The minimum absolute atomic E-state index is 0.00751. The topological polar surface area (TPSA) is 115 Å². The zero-order chi connectivity index (χ0) is 24.7. The first-order valence-corrected chi connectivity index (χ1v) is 12.5. The summed E-state index contributed by atoms with van der Waals surface area (Å²) < 4.78 is 25.8. The van der Waals surface area contributed by atoms with E-state index in [0.29, 0.717) is 23.4 Å². The Kier molecular flexibility index (Phi) is 8.68. The number of sulfone groups is 1. The first-order valence-electron chi connectivity index (χ1n) is 10.7. The number of halogens is 1. The summed E-state index contributed by atoms with van der Waals surface area (Å²) in [5.74, 6) is 0. The Morgan fingerprint density at radius 1 is 0.912 bits per heavy atom. The Hall–Kier alpha value is -2.91. The molecule has 1 atom stereocenters. The van der Waals surface area contributed by atoms with Crippen molar-refractivity contribution in [2.45, 2.75) is 28.7 Å². The molecule has 3 N–H and O–H groups in total. The van der Waals surface area contributed by atoms with E-state index in [9.17, 15) is 23.4 Å². The van der Waals surface area contributed by atoms with Crippen LogP contribution >= 0.6 is 11.6 Å². The van der Waals surface area contributed by atoms with Crippen LogP contribution in [0.5, 0.6) is 0 Å². The first-order chi connectivity index (χ1) is 16.2. The lowest BCUT2D eigenvalue weighted by Crippen LogP contribution is -2.35. The molecule has 3 aromatic rings. The zero-order valence-corrected chi connectivity index (χ0v) is 19.9. The average molecular weight is 504 g/mol. The molecule has 0 bridgehead atoms. The van der Waals surface area contributed by atoms with Crippen molar-refractivity contribution in [3.63, 3.8) is 0 Å². The van der Waals surface area contributed by atoms with E-state index in [-0.39, 0.29) is 29.5 Å². The van der Waals surface area contributed by atoms with Crippen molar-refractivity contribution in [2.75, 3.05) is 19.7 Å². The molecule has 7 nitrogen and oxygen atoms in total. The van der Waals surface area contributed by atoms with E-state index in [1.807, 2.05) is 0 Å². The number of aliphatic hydroxyl groups excluding tert-OH is 2.